The summed E-state index contributed by atoms with van der Waals surface area (Å²) in [4.78, 5) is 0. The van der Waals surface area contributed by atoms with Crippen LogP contribution in [-0.2, 0) is 4.74 Å². The van der Waals surface area contributed by atoms with Crippen molar-refractivity contribution in [3.05, 3.63) is 0 Å². The third-order valence-electron chi connectivity index (χ3n) is 4.68. The Balaban J connectivity index is 2.22. The quantitative estimate of drug-likeness (QED) is 0.475. The Labute approximate surface area is 125 Å². The van der Waals surface area contributed by atoms with Gasteiger partial charge in [0.1, 0.15) is 0 Å². The van der Waals surface area contributed by atoms with Gasteiger partial charge in [-0.25, -0.2) is 0 Å². The molecule has 1 aliphatic rings. The van der Waals surface area contributed by atoms with Crippen molar-refractivity contribution in [2.24, 2.45) is 0 Å². The molecule has 1 atom stereocenters. The van der Waals surface area contributed by atoms with Gasteiger partial charge in [0, 0.05) is 12.1 Å². The molecule has 1 unspecified atom stereocenters. The van der Waals surface area contributed by atoms with E-state index in [0.29, 0.717) is 6.10 Å². The van der Waals surface area contributed by atoms with E-state index in [1.807, 2.05) is 0 Å². The summed E-state index contributed by atoms with van der Waals surface area (Å²) in [5.41, 5.74) is -0.0944. The molecule has 0 spiro atoms. The summed E-state index contributed by atoms with van der Waals surface area (Å²) in [6, 6.07) is 0. The Kier molecular flexibility index (Phi) is 9.49. The van der Waals surface area contributed by atoms with Gasteiger partial charge in [-0.05, 0) is 45.1 Å². The lowest BCUT2D eigenvalue weighted by molar-refractivity contribution is 0.0340. The predicted octanol–water partition coefficient (Wildman–Crippen LogP) is 3.65. The Morgan fingerprint density at radius 1 is 1.15 bits per heavy atom. The van der Waals surface area contributed by atoms with E-state index in [0.717, 1.165) is 38.8 Å². The van der Waals surface area contributed by atoms with Gasteiger partial charge in [-0.15, -0.1) is 0 Å². The van der Waals surface area contributed by atoms with Crippen LogP contribution in [0.1, 0.15) is 78.1 Å². The van der Waals surface area contributed by atoms with E-state index in [9.17, 15) is 5.11 Å². The molecule has 20 heavy (non-hydrogen) atoms. The number of hydrogen-bond donors (Lipinski definition) is 2. The average molecular weight is 285 g/mol. The molecule has 1 rings (SSSR count). The topological polar surface area (TPSA) is 41.5 Å². The van der Waals surface area contributed by atoms with E-state index in [1.165, 1.54) is 38.5 Å². The molecule has 120 valence electrons. The van der Waals surface area contributed by atoms with Gasteiger partial charge in [0.2, 0.25) is 0 Å². The van der Waals surface area contributed by atoms with Crippen molar-refractivity contribution >= 4 is 0 Å². The summed E-state index contributed by atoms with van der Waals surface area (Å²) in [7, 11) is 0. The molecule has 0 aromatic heterocycles. The first-order valence-electron chi connectivity index (χ1n) is 8.74. The lowest BCUT2D eigenvalue weighted by atomic mass is 9.91. The zero-order valence-electron chi connectivity index (χ0n) is 13.6. The zero-order valence-corrected chi connectivity index (χ0v) is 13.6. The van der Waals surface area contributed by atoms with Crippen LogP contribution in [0.15, 0.2) is 0 Å². The molecule has 0 aromatic rings. The zero-order chi connectivity index (χ0) is 14.7. The van der Waals surface area contributed by atoms with E-state index in [-0.39, 0.29) is 12.1 Å². The van der Waals surface area contributed by atoms with Crippen molar-refractivity contribution in [2.75, 3.05) is 19.8 Å². The van der Waals surface area contributed by atoms with E-state index in [1.54, 1.807) is 0 Å². The molecule has 0 amide bonds. The highest BCUT2D eigenvalue weighted by atomic mass is 16.5. The second kappa shape index (κ2) is 10.6. The van der Waals surface area contributed by atoms with E-state index in [2.05, 4.69) is 19.2 Å². The summed E-state index contributed by atoms with van der Waals surface area (Å²) >= 11 is 0. The number of hydrogen-bond acceptors (Lipinski definition) is 3. The van der Waals surface area contributed by atoms with Crippen LogP contribution in [0.3, 0.4) is 0 Å². The second-order valence-corrected chi connectivity index (χ2v) is 6.31. The van der Waals surface area contributed by atoms with Gasteiger partial charge in [-0.3, -0.25) is 0 Å². The number of nitrogens with one attached hydrogen (secondary N) is 1. The monoisotopic (exact) mass is 285 g/mol. The van der Waals surface area contributed by atoms with Crippen LogP contribution in [0, 0.1) is 0 Å². The lowest BCUT2D eigenvalue weighted by Crippen LogP contribution is -2.48. The van der Waals surface area contributed by atoms with Crippen LogP contribution >= 0.6 is 0 Å². The van der Waals surface area contributed by atoms with Crippen molar-refractivity contribution < 1.29 is 9.84 Å². The van der Waals surface area contributed by atoms with Crippen molar-refractivity contribution in [3.63, 3.8) is 0 Å². The van der Waals surface area contributed by atoms with Crippen molar-refractivity contribution in [3.8, 4) is 0 Å². The van der Waals surface area contributed by atoms with E-state index < -0.39 is 0 Å². The smallest absolute Gasteiger partial charge is 0.0613 e. The van der Waals surface area contributed by atoms with Gasteiger partial charge < -0.3 is 15.2 Å². The Morgan fingerprint density at radius 2 is 1.85 bits per heavy atom. The average Bonchev–Trinajstić information content (AvgIpc) is 2.76. The minimum atomic E-state index is -0.0944. The highest BCUT2D eigenvalue weighted by molar-refractivity contribution is 4.85. The maximum absolute atomic E-state index is 9.69. The maximum Gasteiger partial charge on any atom is 0.0613 e. The first kappa shape index (κ1) is 17.9. The van der Waals surface area contributed by atoms with Crippen LogP contribution in [0.25, 0.3) is 0 Å². The van der Waals surface area contributed by atoms with Crippen LogP contribution in [-0.4, -0.2) is 36.5 Å². The molecule has 1 saturated carbocycles. The lowest BCUT2D eigenvalue weighted by Gasteiger charge is -2.32. The van der Waals surface area contributed by atoms with Crippen molar-refractivity contribution in [2.45, 2.75) is 89.7 Å². The SMILES string of the molecule is CCCNC(CC)(CO)CCCOC1CCCCCC1. The molecule has 0 radical (unpaired) electrons. The third kappa shape index (κ3) is 6.55. The Morgan fingerprint density at radius 3 is 2.40 bits per heavy atom. The molecule has 0 bridgehead atoms. The van der Waals surface area contributed by atoms with Gasteiger partial charge in [0.15, 0.2) is 0 Å². The fraction of sp³-hybridized carbons (Fsp3) is 1.00. The molecule has 3 heteroatoms. The molecule has 1 aliphatic carbocycles. The number of ether oxygens (including phenoxy) is 1. The number of aliphatic hydroxyl groups excluding tert-OH is 1. The van der Waals surface area contributed by atoms with Crippen LogP contribution in [0.4, 0.5) is 0 Å². The van der Waals surface area contributed by atoms with Crippen LogP contribution in [0.2, 0.25) is 0 Å². The molecule has 0 heterocycles. The van der Waals surface area contributed by atoms with E-state index in [4.69, 9.17) is 4.74 Å². The van der Waals surface area contributed by atoms with Gasteiger partial charge in [0.25, 0.3) is 0 Å². The molecule has 0 saturated heterocycles. The third-order valence-corrected chi connectivity index (χ3v) is 4.68. The predicted molar refractivity (Wildman–Crippen MR) is 85.1 cm³/mol. The Hall–Kier alpha value is -0.120. The van der Waals surface area contributed by atoms with Crippen molar-refractivity contribution in [1.29, 1.82) is 0 Å². The fourth-order valence-corrected chi connectivity index (χ4v) is 3.10. The molecule has 0 aliphatic heterocycles. The fourth-order valence-electron chi connectivity index (χ4n) is 3.10. The summed E-state index contributed by atoms with van der Waals surface area (Å²) in [5.74, 6) is 0. The van der Waals surface area contributed by atoms with Gasteiger partial charge in [0.05, 0.1) is 12.7 Å². The number of rotatable bonds is 10. The summed E-state index contributed by atoms with van der Waals surface area (Å²) < 4.78 is 6.04. The van der Waals surface area contributed by atoms with Crippen LogP contribution in [0.5, 0.6) is 0 Å². The molecule has 0 aromatic carbocycles. The van der Waals surface area contributed by atoms with E-state index >= 15 is 0 Å². The summed E-state index contributed by atoms with van der Waals surface area (Å²) in [6.07, 6.45) is 12.5. The van der Waals surface area contributed by atoms with Gasteiger partial charge >= 0.3 is 0 Å². The molecule has 3 nitrogen and oxygen atoms in total. The standard InChI is InChI=1S/C17H35NO2/c1-3-13-18-17(4-2,15-19)12-9-14-20-16-10-7-5-6-8-11-16/h16,18-19H,3-15H2,1-2H3. The Bertz CT molecular complexity index is 221. The minimum Gasteiger partial charge on any atom is -0.394 e. The first-order valence-corrected chi connectivity index (χ1v) is 8.74. The van der Waals surface area contributed by atoms with Crippen LogP contribution < -0.4 is 5.32 Å². The summed E-state index contributed by atoms with van der Waals surface area (Å²) in [6.45, 7) is 6.38. The van der Waals surface area contributed by atoms with Gasteiger partial charge in [-0.2, -0.15) is 0 Å². The second-order valence-electron chi connectivity index (χ2n) is 6.31. The van der Waals surface area contributed by atoms with Gasteiger partial charge in [-0.1, -0.05) is 39.5 Å². The molecule has 2 N–H and O–H groups in total. The van der Waals surface area contributed by atoms with Crippen molar-refractivity contribution in [1.82, 2.24) is 5.32 Å². The highest BCUT2D eigenvalue weighted by Crippen LogP contribution is 2.21. The maximum atomic E-state index is 9.69. The number of aliphatic hydroxyl groups is 1. The highest BCUT2D eigenvalue weighted by Gasteiger charge is 2.25. The first-order chi connectivity index (χ1) is 9.76. The normalized spacial score (nSPS) is 20.6. The molecular formula is C17H35NO2. The largest absolute Gasteiger partial charge is 0.394 e. The summed E-state index contributed by atoms with van der Waals surface area (Å²) in [5, 5.41) is 13.2. The minimum absolute atomic E-state index is 0.0944. The molecule has 1 fully saturated rings. The molecular weight excluding hydrogens is 250 g/mol.